The fraction of sp³-hybridized carbons (Fsp3) is 0.625. The molecule has 2 atom stereocenters. The van der Waals surface area contributed by atoms with Gasteiger partial charge in [-0.3, -0.25) is 21.0 Å². The third kappa shape index (κ3) is 5.45. The Hall–Kier alpha value is -1.59. The molecule has 10 heteroatoms. The average molecular weight is 385 g/mol. The summed E-state index contributed by atoms with van der Waals surface area (Å²) in [5.41, 5.74) is 6.34. The van der Waals surface area contributed by atoms with Gasteiger partial charge in [0.05, 0.1) is 9.82 Å². The van der Waals surface area contributed by atoms with Gasteiger partial charge in [-0.1, -0.05) is 26.8 Å². The lowest BCUT2D eigenvalue weighted by molar-refractivity contribution is -0.385. The van der Waals surface area contributed by atoms with Gasteiger partial charge in [0.25, 0.3) is 5.69 Å². The first-order valence-corrected chi connectivity index (χ1v) is 10.0. The Morgan fingerprint density at radius 3 is 2.69 bits per heavy atom. The Balaban J connectivity index is 1.80. The van der Waals surface area contributed by atoms with Crippen LogP contribution in [0.25, 0.3) is 0 Å². The van der Waals surface area contributed by atoms with Crippen LogP contribution in [0.4, 0.5) is 5.69 Å². The van der Waals surface area contributed by atoms with Gasteiger partial charge in [-0.2, -0.15) is 0 Å². The van der Waals surface area contributed by atoms with Crippen LogP contribution in [-0.4, -0.2) is 45.6 Å². The number of sulfonamides is 1. The van der Waals surface area contributed by atoms with Crippen molar-refractivity contribution in [2.24, 2.45) is 11.3 Å². The van der Waals surface area contributed by atoms with Crippen LogP contribution >= 0.6 is 0 Å². The van der Waals surface area contributed by atoms with Crippen LogP contribution in [0.2, 0.25) is 0 Å². The van der Waals surface area contributed by atoms with E-state index in [1.165, 1.54) is 18.2 Å². The van der Waals surface area contributed by atoms with Gasteiger partial charge in [0.2, 0.25) is 10.0 Å². The van der Waals surface area contributed by atoms with Crippen LogP contribution in [-0.2, 0) is 10.0 Å². The smallest absolute Gasteiger partial charge is 0.270 e. The minimum atomic E-state index is -3.77. The summed E-state index contributed by atoms with van der Waals surface area (Å²) in [5, 5.41) is 14.0. The van der Waals surface area contributed by atoms with Crippen molar-refractivity contribution in [2.75, 3.05) is 26.2 Å². The lowest BCUT2D eigenvalue weighted by atomic mass is 9.80. The maximum atomic E-state index is 12.2. The second-order valence-corrected chi connectivity index (χ2v) is 9.25. The summed E-state index contributed by atoms with van der Waals surface area (Å²) in [4.78, 5) is 10.0. The van der Waals surface area contributed by atoms with Gasteiger partial charge in [-0.15, -0.1) is 0 Å². The first-order chi connectivity index (χ1) is 12.1. The number of benzene rings is 1. The molecule has 0 aromatic heterocycles. The van der Waals surface area contributed by atoms with E-state index in [0.29, 0.717) is 18.5 Å². The summed E-state index contributed by atoms with van der Waals surface area (Å²) < 4.78 is 26.9. The Morgan fingerprint density at radius 1 is 1.31 bits per heavy atom. The van der Waals surface area contributed by atoms with Crippen LogP contribution in [0.3, 0.4) is 0 Å². The summed E-state index contributed by atoms with van der Waals surface area (Å²) in [6, 6.07) is 5.34. The molecule has 1 aliphatic heterocycles. The zero-order chi connectivity index (χ0) is 19.4. The number of hydrogen-bond acceptors (Lipinski definition) is 7. The molecule has 2 unspecified atom stereocenters. The Morgan fingerprint density at radius 2 is 2.04 bits per heavy atom. The lowest BCUT2D eigenvalue weighted by Gasteiger charge is -2.31. The van der Waals surface area contributed by atoms with Crippen LogP contribution in [0.5, 0.6) is 0 Å². The Labute approximate surface area is 154 Å². The van der Waals surface area contributed by atoms with E-state index in [1.54, 1.807) is 0 Å². The molecule has 9 nitrogen and oxygen atoms in total. The van der Waals surface area contributed by atoms with E-state index in [2.05, 4.69) is 41.7 Å². The second-order valence-electron chi connectivity index (χ2n) is 7.49. The van der Waals surface area contributed by atoms with E-state index in [-0.39, 0.29) is 22.5 Å². The molecule has 4 N–H and O–H groups in total. The normalized spacial score (nSPS) is 21.0. The lowest BCUT2D eigenvalue weighted by Crippen LogP contribution is -2.45. The van der Waals surface area contributed by atoms with E-state index in [1.807, 2.05) is 0 Å². The average Bonchev–Trinajstić information content (AvgIpc) is 3.03. The zero-order valence-electron chi connectivity index (χ0n) is 15.3. The predicted molar refractivity (Wildman–Crippen MR) is 99.0 cm³/mol. The summed E-state index contributed by atoms with van der Waals surface area (Å²) >= 11 is 0. The molecule has 0 aliphatic carbocycles. The third-order valence-corrected chi connectivity index (χ3v) is 5.82. The van der Waals surface area contributed by atoms with Crippen molar-refractivity contribution in [1.29, 1.82) is 0 Å². The quantitative estimate of drug-likeness (QED) is 0.293. The van der Waals surface area contributed by atoms with E-state index in [4.69, 9.17) is 0 Å². The van der Waals surface area contributed by atoms with Crippen LogP contribution < -0.4 is 20.9 Å². The minimum Gasteiger partial charge on any atom is -0.315 e. The molecule has 0 saturated carbocycles. The highest BCUT2D eigenvalue weighted by atomic mass is 32.2. The van der Waals surface area contributed by atoms with E-state index < -0.39 is 14.9 Å². The summed E-state index contributed by atoms with van der Waals surface area (Å²) in [6.45, 7) is 8.84. The largest absolute Gasteiger partial charge is 0.315 e. The third-order valence-electron chi connectivity index (χ3n) is 4.37. The topological polar surface area (TPSA) is 125 Å². The van der Waals surface area contributed by atoms with Crippen LogP contribution in [0, 0.1) is 21.4 Å². The number of rotatable bonds is 8. The molecule has 1 saturated heterocycles. The molecule has 1 fully saturated rings. The highest BCUT2D eigenvalue weighted by Gasteiger charge is 2.35. The first-order valence-electron chi connectivity index (χ1n) is 8.54. The van der Waals surface area contributed by atoms with Gasteiger partial charge >= 0.3 is 0 Å². The SMILES string of the molecule is CC(C)(C)C1NNCC1CNCCNS(=O)(=O)c1cccc([N+](=O)[O-])c1. The van der Waals surface area contributed by atoms with Crippen molar-refractivity contribution >= 4 is 15.7 Å². The molecular weight excluding hydrogens is 358 g/mol. The number of hydrazine groups is 1. The van der Waals surface area contributed by atoms with E-state index >= 15 is 0 Å². The molecular formula is C16H27N5O4S. The highest BCUT2D eigenvalue weighted by Crippen LogP contribution is 2.26. The summed E-state index contributed by atoms with van der Waals surface area (Å²) in [7, 11) is -3.77. The molecule has 0 spiro atoms. The van der Waals surface area contributed by atoms with Crippen molar-refractivity contribution in [1.82, 2.24) is 20.9 Å². The predicted octanol–water partition coefficient (Wildman–Crippen LogP) is 0.601. The maximum absolute atomic E-state index is 12.2. The van der Waals surface area contributed by atoms with Crippen molar-refractivity contribution in [3.8, 4) is 0 Å². The van der Waals surface area contributed by atoms with Crippen molar-refractivity contribution in [3.05, 3.63) is 34.4 Å². The monoisotopic (exact) mass is 385 g/mol. The number of nitro benzene ring substituents is 1. The van der Waals surface area contributed by atoms with Crippen molar-refractivity contribution in [2.45, 2.75) is 31.7 Å². The van der Waals surface area contributed by atoms with Gasteiger partial charge in [-0.25, -0.2) is 13.1 Å². The van der Waals surface area contributed by atoms with Crippen molar-refractivity contribution < 1.29 is 13.3 Å². The molecule has 1 aromatic rings. The molecule has 146 valence electrons. The number of nitrogens with one attached hydrogen (secondary N) is 4. The van der Waals surface area contributed by atoms with E-state index in [9.17, 15) is 18.5 Å². The molecule has 1 heterocycles. The summed E-state index contributed by atoms with van der Waals surface area (Å²) in [5.74, 6) is 0.406. The molecule has 1 aliphatic rings. The van der Waals surface area contributed by atoms with E-state index in [0.717, 1.165) is 19.2 Å². The first kappa shape index (κ1) is 20.7. The van der Waals surface area contributed by atoms with Crippen LogP contribution in [0.15, 0.2) is 29.2 Å². The fourth-order valence-corrected chi connectivity index (χ4v) is 4.13. The van der Waals surface area contributed by atoms with Gasteiger partial charge in [0, 0.05) is 50.3 Å². The summed E-state index contributed by atoms with van der Waals surface area (Å²) in [6.07, 6.45) is 0. The number of non-ortho nitro benzene ring substituents is 1. The zero-order valence-corrected chi connectivity index (χ0v) is 16.1. The number of hydrogen-bond donors (Lipinski definition) is 4. The highest BCUT2D eigenvalue weighted by molar-refractivity contribution is 7.89. The molecule has 0 amide bonds. The van der Waals surface area contributed by atoms with Crippen molar-refractivity contribution in [3.63, 3.8) is 0 Å². The minimum absolute atomic E-state index is 0.108. The Bertz CT molecular complexity index is 732. The molecule has 2 rings (SSSR count). The fourth-order valence-electron chi connectivity index (χ4n) is 3.06. The number of nitro groups is 1. The molecule has 26 heavy (non-hydrogen) atoms. The van der Waals surface area contributed by atoms with Gasteiger partial charge < -0.3 is 5.32 Å². The molecule has 0 radical (unpaired) electrons. The molecule has 1 aromatic carbocycles. The molecule has 0 bridgehead atoms. The van der Waals surface area contributed by atoms with Gasteiger partial charge in [-0.05, 0) is 11.5 Å². The van der Waals surface area contributed by atoms with Gasteiger partial charge in [0.1, 0.15) is 0 Å². The second kappa shape index (κ2) is 8.40. The van der Waals surface area contributed by atoms with Gasteiger partial charge in [0.15, 0.2) is 0 Å². The maximum Gasteiger partial charge on any atom is 0.270 e. The standard InChI is InChI=1S/C16H27N5O4S/c1-16(2,3)15-12(11-18-20-15)10-17-7-8-19-26(24,25)14-6-4-5-13(9-14)21(22)23/h4-6,9,12,15,17-20H,7-8,10-11H2,1-3H3. The number of nitrogens with zero attached hydrogens (tertiary/aromatic N) is 1. The Kier molecular flexibility index (Phi) is 6.69. The van der Waals surface area contributed by atoms with Crippen LogP contribution in [0.1, 0.15) is 20.8 Å².